The lowest BCUT2D eigenvalue weighted by Crippen LogP contribution is -2.34. The molecule has 0 bridgehead atoms. The molecular weight excluding hydrogens is 249 g/mol. The van der Waals surface area contributed by atoms with Crippen LogP contribution in [0.3, 0.4) is 0 Å². The van der Waals surface area contributed by atoms with E-state index < -0.39 is 18.1 Å². The second kappa shape index (κ2) is 4.85. The van der Waals surface area contributed by atoms with Gasteiger partial charge in [0, 0.05) is 20.1 Å². The number of rotatable bonds is 3. The van der Waals surface area contributed by atoms with Crippen molar-refractivity contribution in [1.82, 2.24) is 14.8 Å². The number of aryl methyl sites for hydroxylation is 1. The van der Waals surface area contributed by atoms with Crippen molar-refractivity contribution in [3.05, 3.63) is 11.6 Å². The predicted octanol–water partition coefficient (Wildman–Crippen LogP) is 1.05. The number of ether oxygens (including phenoxy) is 1. The number of aromatic nitrogens is 3. The van der Waals surface area contributed by atoms with E-state index in [0.29, 0.717) is 11.6 Å². The molecule has 1 aliphatic rings. The summed E-state index contributed by atoms with van der Waals surface area (Å²) in [6.07, 6.45) is -3.86. The van der Waals surface area contributed by atoms with Crippen LogP contribution in [0.4, 0.5) is 13.2 Å². The first-order chi connectivity index (χ1) is 8.43. The Bertz CT molecular complexity index is 418. The van der Waals surface area contributed by atoms with Crippen LogP contribution in [0.2, 0.25) is 0 Å². The molecule has 0 saturated heterocycles. The molecule has 2 heterocycles. The van der Waals surface area contributed by atoms with Gasteiger partial charge in [-0.25, -0.2) is 0 Å². The minimum Gasteiger partial charge on any atom is -0.383 e. The van der Waals surface area contributed by atoms with E-state index in [-0.39, 0.29) is 26.0 Å². The third-order valence-electron chi connectivity index (χ3n) is 3.12. The van der Waals surface area contributed by atoms with E-state index in [0.717, 1.165) is 0 Å². The highest BCUT2D eigenvalue weighted by Gasteiger charge is 2.42. The lowest BCUT2D eigenvalue weighted by atomic mass is 9.98. The minimum absolute atomic E-state index is 0.0567. The molecule has 0 aliphatic carbocycles. The van der Waals surface area contributed by atoms with Gasteiger partial charge in [-0.1, -0.05) is 0 Å². The number of hydrogen-bond donors (Lipinski definition) is 1. The Morgan fingerprint density at radius 1 is 1.50 bits per heavy atom. The molecular formula is C10H15F3N4O. The normalized spacial score (nSPS) is 21.7. The van der Waals surface area contributed by atoms with Crippen LogP contribution in [-0.2, 0) is 17.7 Å². The molecule has 2 rings (SSSR count). The summed E-state index contributed by atoms with van der Waals surface area (Å²) >= 11 is 0. The van der Waals surface area contributed by atoms with Gasteiger partial charge >= 0.3 is 6.18 Å². The van der Waals surface area contributed by atoms with E-state index in [4.69, 9.17) is 10.5 Å². The average molecular weight is 264 g/mol. The van der Waals surface area contributed by atoms with E-state index in [1.54, 1.807) is 0 Å². The molecule has 5 nitrogen and oxygen atoms in total. The van der Waals surface area contributed by atoms with Crippen molar-refractivity contribution in [2.24, 2.45) is 11.7 Å². The number of methoxy groups -OCH3 is 1. The van der Waals surface area contributed by atoms with Crippen molar-refractivity contribution in [1.29, 1.82) is 0 Å². The highest BCUT2D eigenvalue weighted by Crippen LogP contribution is 2.34. The van der Waals surface area contributed by atoms with Crippen molar-refractivity contribution >= 4 is 0 Å². The molecule has 0 saturated carbocycles. The molecule has 0 amide bonds. The molecule has 0 fully saturated rings. The van der Waals surface area contributed by atoms with Crippen molar-refractivity contribution < 1.29 is 17.9 Å². The van der Waals surface area contributed by atoms with Gasteiger partial charge < -0.3 is 15.0 Å². The number of halogens is 3. The molecule has 18 heavy (non-hydrogen) atoms. The average Bonchev–Trinajstić information content (AvgIpc) is 2.70. The van der Waals surface area contributed by atoms with Crippen LogP contribution in [0.1, 0.15) is 24.1 Å². The van der Waals surface area contributed by atoms with Gasteiger partial charge in [0.2, 0.25) is 0 Å². The van der Waals surface area contributed by atoms with Crippen LogP contribution in [0, 0.1) is 5.92 Å². The standard InChI is InChI=1S/C10H15F3N4O/c1-18-5-7(14)9-16-15-8-3-2-6(4-17(8)9)10(11,12)13/h6-7H,2-5,14H2,1H3. The highest BCUT2D eigenvalue weighted by atomic mass is 19.4. The topological polar surface area (TPSA) is 66.0 Å². The molecule has 2 unspecified atom stereocenters. The van der Waals surface area contributed by atoms with Crippen LogP contribution in [-0.4, -0.2) is 34.7 Å². The molecule has 2 N–H and O–H groups in total. The fourth-order valence-corrected chi connectivity index (χ4v) is 2.14. The molecule has 8 heteroatoms. The summed E-state index contributed by atoms with van der Waals surface area (Å²) in [7, 11) is 1.48. The lowest BCUT2D eigenvalue weighted by Gasteiger charge is -2.26. The Hall–Kier alpha value is -1.15. The summed E-state index contributed by atoms with van der Waals surface area (Å²) in [5.74, 6) is -0.424. The van der Waals surface area contributed by atoms with Crippen molar-refractivity contribution in [2.45, 2.75) is 31.6 Å². The maximum atomic E-state index is 12.7. The molecule has 0 aromatic carbocycles. The maximum Gasteiger partial charge on any atom is 0.393 e. The first kappa shape index (κ1) is 13.3. The number of nitrogens with zero attached hydrogens (tertiary/aromatic N) is 3. The monoisotopic (exact) mass is 264 g/mol. The fourth-order valence-electron chi connectivity index (χ4n) is 2.14. The predicted molar refractivity (Wildman–Crippen MR) is 56.7 cm³/mol. The maximum absolute atomic E-state index is 12.7. The third kappa shape index (κ3) is 2.49. The molecule has 1 aromatic rings. The highest BCUT2D eigenvalue weighted by molar-refractivity contribution is 5.04. The molecule has 0 radical (unpaired) electrons. The van der Waals surface area contributed by atoms with Gasteiger partial charge in [-0.2, -0.15) is 13.2 Å². The van der Waals surface area contributed by atoms with Crippen LogP contribution in [0.5, 0.6) is 0 Å². The number of alkyl halides is 3. The second-order valence-corrected chi connectivity index (χ2v) is 4.42. The lowest BCUT2D eigenvalue weighted by molar-refractivity contribution is -0.182. The van der Waals surface area contributed by atoms with Crippen LogP contribution in [0.15, 0.2) is 0 Å². The van der Waals surface area contributed by atoms with Crippen molar-refractivity contribution in [2.75, 3.05) is 13.7 Å². The Morgan fingerprint density at radius 2 is 2.22 bits per heavy atom. The Labute approximate surface area is 102 Å². The summed E-state index contributed by atoms with van der Waals surface area (Å²) in [5, 5.41) is 7.76. The van der Waals surface area contributed by atoms with Gasteiger partial charge in [0.15, 0.2) is 5.82 Å². The molecule has 0 spiro atoms. The van der Waals surface area contributed by atoms with Crippen LogP contribution >= 0.6 is 0 Å². The first-order valence-electron chi connectivity index (χ1n) is 5.66. The molecule has 102 valence electrons. The van der Waals surface area contributed by atoms with Gasteiger partial charge in [-0.05, 0) is 6.42 Å². The van der Waals surface area contributed by atoms with E-state index in [2.05, 4.69) is 10.2 Å². The first-order valence-corrected chi connectivity index (χ1v) is 5.66. The molecule has 1 aliphatic heterocycles. The molecule has 2 atom stereocenters. The van der Waals surface area contributed by atoms with Gasteiger partial charge in [0.25, 0.3) is 0 Å². The van der Waals surface area contributed by atoms with Crippen LogP contribution < -0.4 is 5.73 Å². The van der Waals surface area contributed by atoms with Gasteiger partial charge in [0.1, 0.15) is 5.82 Å². The van der Waals surface area contributed by atoms with Crippen molar-refractivity contribution in [3.8, 4) is 0 Å². The Balaban J connectivity index is 2.22. The zero-order valence-corrected chi connectivity index (χ0v) is 9.94. The SMILES string of the molecule is COCC(N)c1nnc2n1CC(C(F)(F)F)CC2. The van der Waals surface area contributed by atoms with Gasteiger partial charge in [-0.3, -0.25) is 0 Å². The summed E-state index contributed by atoms with van der Waals surface area (Å²) in [5.41, 5.74) is 5.80. The second-order valence-electron chi connectivity index (χ2n) is 4.42. The zero-order chi connectivity index (χ0) is 13.3. The minimum atomic E-state index is -4.19. The summed E-state index contributed by atoms with van der Waals surface area (Å²) in [4.78, 5) is 0. The largest absolute Gasteiger partial charge is 0.393 e. The Morgan fingerprint density at radius 3 is 2.83 bits per heavy atom. The third-order valence-corrected chi connectivity index (χ3v) is 3.12. The number of hydrogen-bond acceptors (Lipinski definition) is 4. The van der Waals surface area contributed by atoms with E-state index >= 15 is 0 Å². The van der Waals surface area contributed by atoms with Crippen molar-refractivity contribution in [3.63, 3.8) is 0 Å². The summed E-state index contributed by atoms with van der Waals surface area (Å²) in [6, 6.07) is -0.553. The van der Waals surface area contributed by atoms with E-state index in [9.17, 15) is 13.2 Å². The van der Waals surface area contributed by atoms with Gasteiger partial charge in [-0.15, -0.1) is 10.2 Å². The number of nitrogens with two attached hydrogens (primary N) is 1. The van der Waals surface area contributed by atoms with Gasteiger partial charge in [0.05, 0.1) is 18.6 Å². The fraction of sp³-hybridized carbons (Fsp3) is 0.800. The number of fused-ring (bicyclic) bond motifs is 1. The molecule has 1 aromatic heterocycles. The quantitative estimate of drug-likeness (QED) is 0.886. The summed E-state index contributed by atoms with van der Waals surface area (Å²) < 4.78 is 44.5. The smallest absolute Gasteiger partial charge is 0.383 e. The van der Waals surface area contributed by atoms with E-state index in [1.807, 2.05) is 0 Å². The Kier molecular flexibility index (Phi) is 3.58. The zero-order valence-electron chi connectivity index (χ0n) is 9.94. The van der Waals surface area contributed by atoms with Crippen LogP contribution in [0.25, 0.3) is 0 Å². The van der Waals surface area contributed by atoms with E-state index in [1.165, 1.54) is 11.7 Å². The summed E-state index contributed by atoms with van der Waals surface area (Å²) in [6.45, 7) is 0.0490.